The van der Waals surface area contributed by atoms with E-state index in [0.29, 0.717) is 6.54 Å². The minimum Gasteiger partial charge on any atom is -0.395 e. The van der Waals surface area contributed by atoms with E-state index in [2.05, 4.69) is 34.6 Å². The molecular weight excluding hydrogens is 226 g/mol. The van der Waals surface area contributed by atoms with Crippen molar-refractivity contribution >= 4 is 0 Å². The predicted octanol–water partition coefficient (Wildman–Crippen LogP) is 1.94. The van der Waals surface area contributed by atoms with E-state index < -0.39 is 0 Å². The average molecular weight is 245 g/mol. The molecule has 0 aliphatic carbocycles. The van der Waals surface area contributed by atoms with Crippen molar-refractivity contribution in [2.45, 2.75) is 25.9 Å². The fourth-order valence-electron chi connectivity index (χ4n) is 1.89. The van der Waals surface area contributed by atoms with Crippen molar-refractivity contribution in [3.63, 3.8) is 0 Å². The van der Waals surface area contributed by atoms with Crippen LogP contribution in [-0.4, -0.2) is 28.0 Å². The number of hydrogen-bond acceptors (Lipinski definition) is 3. The summed E-state index contributed by atoms with van der Waals surface area (Å²) < 4.78 is 0. The third-order valence-electron chi connectivity index (χ3n) is 3.07. The van der Waals surface area contributed by atoms with Crippen LogP contribution in [0.3, 0.4) is 0 Å². The minimum atomic E-state index is 0.142. The van der Waals surface area contributed by atoms with Crippen LogP contribution in [0, 0.1) is 0 Å². The molecule has 0 saturated heterocycles. The summed E-state index contributed by atoms with van der Waals surface area (Å²) in [6, 6.07) is 10.3. The van der Waals surface area contributed by atoms with Gasteiger partial charge in [-0.1, -0.05) is 37.3 Å². The molecule has 96 valence electrons. The highest BCUT2D eigenvalue weighted by Crippen LogP contribution is 2.20. The molecule has 1 atom stereocenters. The van der Waals surface area contributed by atoms with Gasteiger partial charge in [0.05, 0.1) is 18.5 Å². The van der Waals surface area contributed by atoms with Crippen molar-refractivity contribution < 1.29 is 5.11 Å². The number of nitrogens with one attached hydrogen (secondary N) is 2. The molecule has 4 nitrogen and oxygen atoms in total. The normalized spacial score (nSPS) is 12.6. The first-order chi connectivity index (χ1) is 8.85. The van der Waals surface area contributed by atoms with Gasteiger partial charge in [0.1, 0.15) is 0 Å². The van der Waals surface area contributed by atoms with Crippen molar-refractivity contribution in [2.24, 2.45) is 0 Å². The van der Waals surface area contributed by atoms with Crippen molar-refractivity contribution in [1.29, 1.82) is 0 Å². The van der Waals surface area contributed by atoms with Gasteiger partial charge in [0.25, 0.3) is 0 Å². The highest BCUT2D eigenvalue weighted by Gasteiger charge is 2.09. The third-order valence-corrected chi connectivity index (χ3v) is 3.07. The zero-order valence-corrected chi connectivity index (χ0v) is 10.6. The third kappa shape index (κ3) is 2.97. The Bertz CT molecular complexity index is 463. The van der Waals surface area contributed by atoms with E-state index in [0.717, 1.165) is 23.2 Å². The monoisotopic (exact) mass is 245 g/mol. The summed E-state index contributed by atoms with van der Waals surface area (Å²) in [6.07, 6.45) is 2.74. The number of benzene rings is 1. The second kappa shape index (κ2) is 6.33. The van der Waals surface area contributed by atoms with E-state index >= 15 is 0 Å². The van der Waals surface area contributed by atoms with Gasteiger partial charge in [-0.2, -0.15) is 5.10 Å². The largest absolute Gasteiger partial charge is 0.395 e. The summed E-state index contributed by atoms with van der Waals surface area (Å²) in [5, 5.41) is 19.6. The zero-order chi connectivity index (χ0) is 12.8. The molecule has 1 unspecified atom stereocenters. The van der Waals surface area contributed by atoms with Gasteiger partial charge in [-0.25, -0.2) is 0 Å². The van der Waals surface area contributed by atoms with Crippen LogP contribution >= 0.6 is 0 Å². The Hall–Kier alpha value is -1.65. The number of H-pyrrole nitrogens is 1. The molecule has 0 aliphatic rings. The lowest BCUT2D eigenvalue weighted by Crippen LogP contribution is -2.31. The van der Waals surface area contributed by atoms with Gasteiger partial charge >= 0.3 is 0 Å². The molecule has 1 aromatic heterocycles. The van der Waals surface area contributed by atoms with E-state index in [4.69, 9.17) is 5.11 Å². The lowest BCUT2D eigenvalue weighted by molar-refractivity contribution is 0.238. The number of rotatable bonds is 6. The Morgan fingerprint density at radius 1 is 1.33 bits per heavy atom. The Balaban J connectivity index is 2.09. The summed E-state index contributed by atoms with van der Waals surface area (Å²) in [5.41, 5.74) is 3.29. The van der Waals surface area contributed by atoms with Crippen molar-refractivity contribution in [1.82, 2.24) is 15.5 Å². The van der Waals surface area contributed by atoms with Crippen LogP contribution in [-0.2, 0) is 6.54 Å². The molecule has 2 aromatic rings. The average Bonchev–Trinajstić information content (AvgIpc) is 2.89. The summed E-state index contributed by atoms with van der Waals surface area (Å²) in [4.78, 5) is 0. The van der Waals surface area contributed by atoms with Crippen molar-refractivity contribution in [2.75, 3.05) is 6.61 Å². The first kappa shape index (κ1) is 12.8. The molecule has 1 aromatic carbocycles. The maximum Gasteiger partial charge on any atom is 0.0695 e. The molecule has 4 heteroatoms. The molecule has 0 fully saturated rings. The fourth-order valence-corrected chi connectivity index (χ4v) is 1.89. The van der Waals surface area contributed by atoms with Gasteiger partial charge in [0, 0.05) is 18.2 Å². The first-order valence-corrected chi connectivity index (χ1v) is 6.27. The molecular formula is C14H19N3O. The number of nitrogens with zero attached hydrogens (tertiary/aromatic N) is 1. The molecule has 0 spiro atoms. The quantitative estimate of drug-likeness (QED) is 0.729. The number of aromatic amines is 1. The van der Waals surface area contributed by atoms with E-state index in [1.165, 1.54) is 0 Å². The van der Waals surface area contributed by atoms with E-state index in [1.54, 1.807) is 0 Å². The number of aromatic nitrogens is 2. The molecule has 0 saturated carbocycles. The molecule has 0 aliphatic heterocycles. The van der Waals surface area contributed by atoms with Crippen LogP contribution in [0.4, 0.5) is 0 Å². The van der Waals surface area contributed by atoms with Crippen molar-refractivity contribution in [3.8, 4) is 11.3 Å². The summed E-state index contributed by atoms with van der Waals surface area (Å²) in [5.74, 6) is 0. The summed E-state index contributed by atoms with van der Waals surface area (Å²) in [7, 11) is 0. The van der Waals surface area contributed by atoms with Crippen molar-refractivity contribution in [3.05, 3.63) is 42.1 Å². The highest BCUT2D eigenvalue weighted by molar-refractivity contribution is 5.62. The molecule has 18 heavy (non-hydrogen) atoms. The van der Waals surface area contributed by atoms with E-state index in [1.807, 2.05) is 24.4 Å². The predicted molar refractivity (Wildman–Crippen MR) is 72.0 cm³/mol. The van der Waals surface area contributed by atoms with Gasteiger partial charge in [-0.15, -0.1) is 0 Å². The first-order valence-electron chi connectivity index (χ1n) is 6.27. The highest BCUT2D eigenvalue weighted by atomic mass is 16.3. The molecule has 0 radical (unpaired) electrons. The van der Waals surface area contributed by atoms with Gasteiger partial charge < -0.3 is 10.4 Å². The van der Waals surface area contributed by atoms with Gasteiger partial charge in [-0.05, 0) is 12.0 Å². The molecule has 2 rings (SSSR count). The number of aliphatic hydroxyl groups is 1. The second-order valence-electron chi connectivity index (χ2n) is 4.30. The zero-order valence-electron chi connectivity index (χ0n) is 10.6. The summed E-state index contributed by atoms with van der Waals surface area (Å²) >= 11 is 0. The second-order valence-corrected chi connectivity index (χ2v) is 4.30. The van der Waals surface area contributed by atoms with Crippen LogP contribution in [0.15, 0.2) is 36.5 Å². The van der Waals surface area contributed by atoms with Gasteiger partial charge in [0.15, 0.2) is 0 Å². The Morgan fingerprint density at radius 3 is 2.78 bits per heavy atom. The van der Waals surface area contributed by atoms with Crippen LogP contribution in [0.2, 0.25) is 0 Å². The maximum absolute atomic E-state index is 9.16. The van der Waals surface area contributed by atoms with E-state index in [-0.39, 0.29) is 12.6 Å². The smallest absolute Gasteiger partial charge is 0.0695 e. The molecule has 3 N–H and O–H groups in total. The van der Waals surface area contributed by atoms with Gasteiger partial charge in [0.2, 0.25) is 0 Å². The standard InChI is InChI=1S/C14H19N3O/c1-2-13(10-18)15-8-12-9-16-17-14(12)11-6-4-3-5-7-11/h3-7,9,13,15,18H,2,8,10H2,1H3,(H,16,17). The minimum absolute atomic E-state index is 0.142. The SMILES string of the molecule is CCC(CO)NCc1cn[nH]c1-c1ccccc1. The molecule has 0 bridgehead atoms. The van der Waals surface area contributed by atoms with Gasteiger partial charge in [-0.3, -0.25) is 5.10 Å². The Kier molecular flexibility index (Phi) is 4.50. The lowest BCUT2D eigenvalue weighted by atomic mass is 10.1. The fraction of sp³-hybridized carbons (Fsp3) is 0.357. The van der Waals surface area contributed by atoms with Crippen LogP contribution in [0.5, 0.6) is 0 Å². The van der Waals surface area contributed by atoms with Crippen LogP contribution in [0.25, 0.3) is 11.3 Å². The van der Waals surface area contributed by atoms with Crippen LogP contribution in [0.1, 0.15) is 18.9 Å². The Morgan fingerprint density at radius 2 is 2.11 bits per heavy atom. The van der Waals surface area contributed by atoms with Crippen LogP contribution < -0.4 is 5.32 Å². The lowest BCUT2D eigenvalue weighted by Gasteiger charge is -2.13. The Labute approximate surface area is 107 Å². The molecule has 1 heterocycles. The topological polar surface area (TPSA) is 60.9 Å². The maximum atomic E-state index is 9.16. The number of hydrogen-bond donors (Lipinski definition) is 3. The number of aliphatic hydroxyl groups excluding tert-OH is 1. The summed E-state index contributed by atoms with van der Waals surface area (Å²) in [6.45, 7) is 2.93. The van der Waals surface area contributed by atoms with E-state index in [9.17, 15) is 0 Å². The molecule has 0 amide bonds.